The Morgan fingerprint density at radius 1 is 1.33 bits per heavy atom. The van der Waals surface area contributed by atoms with Gasteiger partial charge < -0.3 is 9.88 Å². The second-order valence-electron chi connectivity index (χ2n) is 5.02. The van der Waals surface area contributed by atoms with Crippen molar-refractivity contribution in [2.24, 2.45) is 7.05 Å². The van der Waals surface area contributed by atoms with E-state index in [1.165, 1.54) is 0 Å². The number of nitrogens with one attached hydrogen (secondary N) is 1. The minimum Gasteiger partial charge on any atom is -0.380 e. The van der Waals surface area contributed by atoms with E-state index in [2.05, 4.69) is 11.4 Å². The quantitative estimate of drug-likeness (QED) is 0.691. The minimum atomic E-state index is -0.379. The van der Waals surface area contributed by atoms with Gasteiger partial charge in [-0.2, -0.15) is 5.26 Å². The lowest BCUT2D eigenvalue weighted by Gasteiger charge is -2.10. The number of nitro groups is 1. The minimum absolute atomic E-state index is 0.105. The highest BCUT2D eigenvalue weighted by molar-refractivity contribution is 5.60. The van der Waals surface area contributed by atoms with E-state index in [4.69, 9.17) is 5.26 Å². The molecule has 0 aliphatic rings. The number of rotatable bonds is 4. The Balaban J connectivity index is 2.21. The molecular weight excluding hydrogens is 268 g/mol. The molecule has 0 aliphatic carbocycles. The molecule has 0 spiro atoms. The number of hydrogen-bond acceptors (Lipinski definition) is 4. The maximum atomic E-state index is 11.0. The third-order valence-electron chi connectivity index (χ3n) is 3.40. The summed E-state index contributed by atoms with van der Waals surface area (Å²) in [7, 11) is 1.81. The Morgan fingerprint density at radius 2 is 2.05 bits per heavy atom. The Hall–Kier alpha value is -2.81. The van der Waals surface area contributed by atoms with Crippen LogP contribution in [0, 0.1) is 35.3 Å². The zero-order valence-electron chi connectivity index (χ0n) is 12.2. The number of anilines is 1. The standard InChI is InChI=1S/C15H16N4O2/c1-10-4-11(2)15(19(20)21)6-14(10)17-8-12-5-13(7-16)18(3)9-12/h4-6,9,17H,8H2,1-3H3. The zero-order chi connectivity index (χ0) is 15.6. The monoisotopic (exact) mass is 284 g/mol. The first-order valence-corrected chi connectivity index (χ1v) is 6.47. The molecule has 1 heterocycles. The molecule has 1 aromatic heterocycles. The highest BCUT2D eigenvalue weighted by Crippen LogP contribution is 2.26. The van der Waals surface area contributed by atoms with Crippen LogP contribution in [0.4, 0.5) is 11.4 Å². The van der Waals surface area contributed by atoms with E-state index in [1.807, 2.05) is 20.2 Å². The number of nitriles is 1. The van der Waals surface area contributed by atoms with Crippen LogP contribution in [0.1, 0.15) is 22.4 Å². The maximum absolute atomic E-state index is 11.0. The van der Waals surface area contributed by atoms with Gasteiger partial charge in [-0.3, -0.25) is 10.1 Å². The SMILES string of the molecule is Cc1cc(C)c([N+](=O)[O-])cc1NCc1cc(C#N)n(C)c1. The predicted octanol–water partition coefficient (Wildman–Crippen LogP) is 3.03. The lowest BCUT2D eigenvalue weighted by molar-refractivity contribution is -0.385. The van der Waals surface area contributed by atoms with Gasteiger partial charge in [-0.1, -0.05) is 0 Å². The van der Waals surface area contributed by atoms with Crippen molar-refractivity contribution >= 4 is 11.4 Å². The van der Waals surface area contributed by atoms with Crippen LogP contribution >= 0.6 is 0 Å². The molecule has 0 fully saturated rings. The van der Waals surface area contributed by atoms with Crippen LogP contribution in [0.25, 0.3) is 0 Å². The number of hydrogen-bond donors (Lipinski definition) is 1. The van der Waals surface area contributed by atoms with E-state index < -0.39 is 0 Å². The van der Waals surface area contributed by atoms with Gasteiger partial charge in [0, 0.05) is 37.1 Å². The highest BCUT2D eigenvalue weighted by atomic mass is 16.6. The van der Waals surface area contributed by atoms with Crippen molar-refractivity contribution < 1.29 is 4.92 Å². The zero-order valence-corrected chi connectivity index (χ0v) is 12.2. The summed E-state index contributed by atoms with van der Waals surface area (Å²) in [5.41, 5.74) is 3.97. The molecule has 108 valence electrons. The van der Waals surface area contributed by atoms with Crippen LogP contribution in [0.15, 0.2) is 24.4 Å². The number of nitrogens with zero attached hydrogens (tertiary/aromatic N) is 3. The Labute approximate surface area is 122 Å². The van der Waals surface area contributed by atoms with Crippen LogP contribution < -0.4 is 5.32 Å². The van der Waals surface area contributed by atoms with Crippen molar-refractivity contribution in [1.29, 1.82) is 5.26 Å². The van der Waals surface area contributed by atoms with Crippen molar-refractivity contribution in [3.8, 4) is 6.07 Å². The van der Waals surface area contributed by atoms with Crippen molar-refractivity contribution in [2.75, 3.05) is 5.32 Å². The van der Waals surface area contributed by atoms with Crippen LogP contribution in [0.5, 0.6) is 0 Å². The molecule has 1 aromatic carbocycles. The molecule has 0 amide bonds. The molecule has 6 nitrogen and oxygen atoms in total. The topological polar surface area (TPSA) is 83.9 Å². The molecular formula is C15H16N4O2. The van der Waals surface area contributed by atoms with E-state index in [0.29, 0.717) is 17.8 Å². The number of benzene rings is 1. The van der Waals surface area contributed by atoms with Gasteiger partial charge in [-0.25, -0.2) is 0 Å². The number of nitro benzene ring substituents is 1. The van der Waals surface area contributed by atoms with Gasteiger partial charge in [-0.15, -0.1) is 0 Å². The molecule has 0 saturated carbocycles. The van der Waals surface area contributed by atoms with Gasteiger partial charge in [0.25, 0.3) is 5.69 Å². The van der Waals surface area contributed by atoms with Crippen molar-refractivity contribution in [1.82, 2.24) is 4.57 Å². The van der Waals surface area contributed by atoms with Gasteiger partial charge in [-0.05, 0) is 37.1 Å². The average Bonchev–Trinajstić information content (AvgIpc) is 2.77. The summed E-state index contributed by atoms with van der Waals surface area (Å²) < 4.78 is 1.75. The second kappa shape index (κ2) is 5.67. The molecule has 6 heteroatoms. The molecule has 2 aromatic rings. The van der Waals surface area contributed by atoms with Crippen molar-refractivity contribution in [3.63, 3.8) is 0 Å². The molecule has 0 aliphatic heterocycles. The lowest BCUT2D eigenvalue weighted by atomic mass is 10.1. The van der Waals surface area contributed by atoms with Gasteiger partial charge in [0.05, 0.1) is 4.92 Å². The highest BCUT2D eigenvalue weighted by Gasteiger charge is 2.13. The molecule has 21 heavy (non-hydrogen) atoms. The molecule has 2 rings (SSSR count). The maximum Gasteiger partial charge on any atom is 0.274 e. The number of aryl methyl sites for hydroxylation is 3. The van der Waals surface area contributed by atoms with Crippen LogP contribution in [0.3, 0.4) is 0 Å². The Morgan fingerprint density at radius 3 is 2.62 bits per heavy atom. The van der Waals surface area contributed by atoms with E-state index in [0.717, 1.165) is 16.8 Å². The van der Waals surface area contributed by atoms with E-state index in [-0.39, 0.29) is 10.6 Å². The Kier molecular flexibility index (Phi) is 3.94. The fourth-order valence-electron chi connectivity index (χ4n) is 2.27. The molecule has 0 radical (unpaired) electrons. The normalized spacial score (nSPS) is 10.2. The molecule has 0 saturated heterocycles. The first-order chi connectivity index (χ1) is 9.92. The summed E-state index contributed by atoms with van der Waals surface area (Å²) in [5.74, 6) is 0. The summed E-state index contributed by atoms with van der Waals surface area (Å²) in [5, 5.41) is 23.1. The predicted molar refractivity (Wildman–Crippen MR) is 80.0 cm³/mol. The molecule has 0 unspecified atom stereocenters. The van der Waals surface area contributed by atoms with E-state index in [1.54, 1.807) is 29.7 Å². The summed E-state index contributed by atoms with van der Waals surface area (Å²) in [6.45, 7) is 4.15. The average molecular weight is 284 g/mol. The van der Waals surface area contributed by atoms with Crippen molar-refractivity contribution in [2.45, 2.75) is 20.4 Å². The fraction of sp³-hybridized carbons (Fsp3) is 0.267. The number of aromatic nitrogens is 1. The van der Waals surface area contributed by atoms with E-state index >= 15 is 0 Å². The van der Waals surface area contributed by atoms with Gasteiger partial charge in [0.15, 0.2) is 0 Å². The molecule has 1 N–H and O–H groups in total. The molecule has 0 bridgehead atoms. The van der Waals surface area contributed by atoms with Crippen LogP contribution in [0.2, 0.25) is 0 Å². The van der Waals surface area contributed by atoms with Crippen LogP contribution in [-0.2, 0) is 13.6 Å². The third-order valence-corrected chi connectivity index (χ3v) is 3.40. The summed E-state index contributed by atoms with van der Waals surface area (Å²) >= 11 is 0. The lowest BCUT2D eigenvalue weighted by Crippen LogP contribution is -2.02. The van der Waals surface area contributed by atoms with Crippen LogP contribution in [-0.4, -0.2) is 9.49 Å². The van der Waals surface area contributed by atoms with Gasteiger partial charge >= 0.3 is 0 Å². The molecule has 0 atom stereocenters. The third kappa shape index (κ3) is 3.03. The fourth-order valence-corrected chi connectivity index (χ4v) is 2.27. The smallest absolute Gasteiger partial charge is 0.274 e. The van der Waals surface area contributed by atoms with Gasteiger partial charge in [0.1, 0.15) is 11.8 Å². The second-order valence-corrected chi connectivity index (χ2v) is 5.02. The summed E-state index contributed by atoms with van der Waals surface area (Å²) in [6, 6.07) is 7.25. The first kappa shape index (κ1) is 14.6. The van der Waals surface area contributed by atoms with Gasteiger partial charge in [0.2, 0.25) is 0 Å². The first-order valence-electron chi connectivity index (χ1n) is 6.47. The largest absolute Gasteiger partial charge is 0.380 e. The Bertz CT molecular complexity index is 741. The summed E-state index contributed by atoms with van der Waals surface area (Å²) in [6.07, 6.45) is 1.86. The van der Waals surface area contributed by atoms with E-state index in [9.17, 15) is 10.1 Å². The summed E-state index contributed by atoms with van der Waals surface area (Å²) in [4.78, 5) is 10.6. The van der Waals surface area contributed by atoms with Crippen molar-refractivity contribution in [3.05, 3.63) is 56.9 Å².